The van der Waals surface area contributed by atoms with Crippen LogP contribution in [-0.4, -0.2) is 29.2 Å². The number of nitrogens with zero attached hydrogens (tertiary/aromatic N) is 1. The van der Waals surface area contributed by atoms with Gasteiger partial charge in [-0.15, -0.1) is 0 Å². The summed E-state index contributed by atoms with van der Waals surface area (Å²) in [6.07, 6.45) is 3.44. The maximum Gasteiger partial charge on any atom is 0.121 e. The van der Waals surface area contributed by atoms with Gasteiger partial charge in [-0.25, -0.2) is 4.98 Å². The normalized spacial score (nSPS) is 17.2. The van der Waals surface area contributed by atoms with Crippen LogP contribution in [0, 0.1) is 0 Å². The molecule has 1 aliphatic heterocycles. The maximum absolute atomic E-state index is 6.02. The molecule has 4 heteroatoms. The highest BCUT2D eigenvalue weighted by Crippen LogP contribution is 2.22. The average molecular weight is 245 g/mol. The fraction of sp³-hybridized carbons (Fsp3) is 0.500. The summed E-state index contributed by atoms with van der Waals surface area (Å²) in [6, 6.07) is 6.11. The molecular formula is C14H19N3O. The summed E-state index contributed by atoms with van der Waals surface area (Å²) in [6.45, 7) is 4.21. The standard InChI is InChI=1S/C14H19N3O/c1-2-14-16-12-4-3-11(9-13(12)17-14)18-10-5-7-15-8-6-10/h3-4,9-10,15H,2,5-8H2,1H3,(H,16,17). The fourth-order valence-electron chi connectivity index (χ4n) is 2.39. The van der Waals surface area contributed by atoms with Crippen LogP contribution in [0.25, 0.3) is 11.0 Å². The third-order valence-electron chi connectivity index (χ3n) is 3.43. The van der Waals surface area contributed by atoms with E-state index in [9.17, 15) is 0 Å². The van der Waals surface area contributed by atoms with Crippen LogP contribution in [0.5, 0.6) is 5.75 Å². The third kappa shape index (κ3) is 2.34. The van der Waals surface area contributed by atoms with Crippen molar-refractivity contribution in [2.45, 2.75) is 32.3 Å². The summed E-state index contributed by atoms with van der Waals surface area (Å²) in [5.41, 5.74) is 2.09. The fourth-order valence-corrected chi connectivity index (χ4v) is 2.39. The molecule has 2 heterocycles. The van der Waals surface area contributed by atoms with Crippen molar-refractivity contribution in [1.82, 2.24) is 15.3 Å². The second-order valence-corrected chi connectivity index (χ2v) is 4.78. The van der Waals surface area contributed by atoms with Gasteiger partial charge in [0.1, 0.15) is 17.7 Å². The molecule has 0 radical (unpaired) electrons. The van der Waals surface area contributed by atoms with E-state index in [0.717, 1.165) is 55.0 Å². The predicted molar refractivity (Wildman–Crippen MR) is 72.0 cm³/mol. The summed E-state index contributed by atoms with van der Waals surface area (Å²) in [5.74, 6) is 1.98. The van der Waals surface area contributed by atoms with E-state index in [4.69, 9.17) is 4.74 Å². The number of rotatable bonds is 3. The highest BCUT2D eigenvalue weighted by Gasteiger charge is 2.14. The predicted octanol–water partition coefficient (Wildman–Crippen LogP) is 2.26. The number of ether oxygens (including phenoxy) is 1. The number of fused-ring (bicyclic) bond motifs is 1. The van der Waals surface area contributed by atoms with Crippen LogP contribution in [-0.2, 0) is 6.42 Å². The molecule has 0 saturated carbocycles. The Balaban J connectivity index is 1.79. The Kier molecular flexibility index (Phi) is 3.19. The Morgan fingerprint density at radius 1 is 1.33 bits per heavy atom. The molecule has 0 aliphatic carbocycles. The zero-order valence-corrected chi connectivity index (χ0v) is 10.7. The zero-order chi connectivity index (χ0) is 12.4. The number of nitrogens with one attached hydrogen (secondary N) is 2. The SMILES string of the molecule is CCc1nc2ccc(OC3CCNCC3)cc2[nH]1. The van der Waals surface area contributed by atoms with Crippen molar-refractivity contribution in [3.05, 3.63) is 24.0 Å². The molecule has 1 fully saturated rings. The van der Waals surface area contributed by atoms with E-state index in [1.165, 1.54) is 0 Å². The molecule has 4 nitrogen and oxygen atoms in total. The molecule has 3 rings (SSSR count). The van der Waals surface area contributed by atoms with Gasteiger partial charge in [0.2, 0.25) is 0 Å². The molecular weight excluding hydrogens is 226 g/mol. The molecule has 1 aromatic carbocycles. The van der Waals surface area contributed by atoms with Gasteiger partial charge in [-0.1, -0.05) is 6.92 Å². The molecule has 0 spiro atoms. The minimum atomic E-state index is 0.345. The first kappa shape index (κ1) is 11.5. The Morgan fingerprint density at radius 3 is 2.94 bits per heavy atom. The Hall–Kier alpha value is -1.55. The lowest BCUT2D eigenvalue weighted by Crippen LogP contribution is -2.34. The van der Waals surface area contributed by atoms with Crippen molar-refractivity contribution >= 4 is 11.0 Å². The first-order chi connectivity index (χ1) is 8.85. The lowest BCUT2D eigenvalue weighted by Gasteiger charge is -2.23. The number of H-pyrrole nitrogens is 1. The van der Waals surface area contributed by atoms with Gasteiger partial charge in [0.25, 0.3) is 0 Å². The van der Waals surface area contributed by atoms with Crippen LogP contribution >= 0.6 is 0 Å². The quantitative estimate of drug-likeness (QED) is 0.872. The molecule has 1 aliphatic rings. The van der Waals surface area contributed by atoms with Gasteiger partial charge in [0.05, 0.1) is 11.0 Å². The lowest BCUT2D eigenvalue weighted by molar-refractivity contribution is 0.162. The second kappa shape index (κ2) is 4.98. The van der Waals surface area contributed by atoms with Gasteiger partial charge >= 0.3 is 0 Å². The van der Waals surface area contributed by atoms with Crippen LogP contribution in [0.2, 0.25) is 0 Å². The van der Waals surface area contributed by atoms with Crippen molar-refractivity contribution in [3.63, 3.8) is 0 Å². The smallest absolute Gasteiger partial charge is 0.121 e. The topological polar surface area (TPSA) is 49.9 Å². The molecule has 0 atom stereocenters. The van der Waals surface area contributed by atoms with Crippen LogP contribution in [0.3, 0.4) is 0 Å². The number of aromatic nitrogens is 2. The Bertz CT molecular complexity index is 529. The highest BCUT2D eigenvalue weighted by atomic mass is 16.5. The molecule has 2 N–H and O–H groups in total. The third-order valence-corrected chi connectivity index (χ3v) is 3.43. The summed E-state index contributed by atoms with van der Waals surface area (Å²) >= 11 is 0. The number of aromatic amines is 1. The molecule has 18 heavy (non-hydrogen) atoms. The van der Waals surface area contributed by atoms with Crippen molar-refractivity contribution in [3.8, 4) is 5.75 Å². The lowest BCUT2D eigenvalue weighted by atomic mass is 10.1. The minimum Gasteiger partial charge on any atom is -0.490 e. The molecule has 1 aromatic heterocycles. The van der Waals surface area contributed by atoms with Crippen molar-refractivity contribution in [2.75, 3.05) is 13.1 Å². The summed E-state index contributed by atoms with van der Waals surface area (Å²) < 4.78 is 6.02. The van der Waals surface area contributed by atoms with Gasteiger partial charge in [-0.3, -0.25) is 0 Å². The Morgan fingerprint density at radius 2 is 2.17 bits per heavy atom. The summed E-state index contributed by atoms with van der Waals surface area (Å²) in [4.78, 5) is 7.82. The zero-order valence-electron chi connectivity index (χ0n) is 10.7. The van der Waals surface area contributed by atoms with Gasteiger partial charge in [-0.05, 0) is 38.1 Å². The van der Waals surface area contributed by atoms with Gasteiger partial charge in [-0.2, -0.15) is 0 Å². The van der Waals surface area contributed by atoms with E-state index in [1.54, 1.807) is 0 Å². The largest absolute Gasteiger partial charge is 0.490 e. The summed E-state index contributed by atoms with van der Waals surface area (Å²) in [7, 11) is 0. The van der Waals surface area contributed by atoms with Crippen LogP contribution in [0.15, 0.2) is 18.2 Å². The van der Waals surface area contributed by atoms with E-state index >= 15 is 0 Å². The van der Waals surface area contributed by atoms with Gasteiger partial charge in [0, 0.05) is 12.5 Å². The molecule has 0 bridgehead atoms. The molecule has 0 amide bonds. The van der Waals surface area contributed by atoms with E-state index in [2.05, 4.69) is 28.3 Å². The Labute approximate surface area is 107 Å². The van der Waals surface area contributed by atoms with Crippen LogP contribution in [0.4, 0.5) is 0 Å². The van der Waals surface area contributed by atoms with E-state index in [1.807, 2.05) is 12.1 Å². The maximum atomic E-state index is 6.02. The van der Waals surface area contributed by atoms with E-state index in [0.29, 0.717) is 6.10 Å². The van der Waals surface area contributed by atoms with Crippen molar-refractivity contribution < 1.29 is 4.74 Å². The number of hydrogen-bond donors (Lipinski definition) is 2. The minimum absolute atomic E-state index is 0.345. The molecule has 2 aromatic rings. The van der Waals surface area contributed by atoms with Crippen LogP contribution in [0.1, 0.15) is 25.6 Å². The van der Waals surface area contributed by atoms with E-state index in [-0.39, 0.29) is 0 Å². The van der Waals surface area contributed by atoms with Crippen molar-refractivity contribution in [1.29, 1.82) is 0 Å². The number of piperidine rings is 1. The van der Waals surface area contributed by atoms with Crippen molar-refractivity contribution in [2.24, 2.45) is 0 Å². The molecule has 0 unspecified atom stereocenters. The van der Waals surface area contributed by atoms with E-state index < -0.39 is 0 Å². The molecule has 96 valence electrons. The number of imidazole rings is 1. The second-order valence-electron chi connectivity index (χ2n) is 4.78. The summed E-state index contributed by atoms with van der Waals surface area (Å²) in [5, 5.41) is 3.34. The molecule has 1 saturated heterocycles. The average Bonchev–Trinajstić information content (AvgIpc) is 2.82. The van der Waals surface area contributed by atoms with Crippen LogP contribution < -0.4 is 10.1 Å². The number of aryl methyl sites for hydroxylation is 1. The first-order valence-electron chi connectivity index (χ1n) is 6.71. The van der Waals surface area contributed by atoms with Gasteiger partial charge < -0.3 is 15.0 Å². The highest BCUT2D eigenvalue weighted by molar-refractivity contribution is 5.76. The number of benzene rings is 1. The number of hydrogen-bond acceptors (Lipinski definition) is 3. The van der Waals surface area contributed by atoms with Gasteiger partial charge in [0.15, 0.2) is 0 Å². The monoisotopic (exact) mass is 245 g/mol. The first-order valence-corrected chi connectivity index (χ1v) is 6.71.